The van der Waals surface area contributed by atoms with E-state index in [1.807, 2.05) is 0 Å². The molecule has 0 aliphatic carbocycles. The Hall–Kier alpha value is -0.640. The fourth-order valence-electron chi connectivity index (χ4n) is 1.90. The van der Waals surface area contributed by atoms with Crippen LogP contribution in [0.2, 0.25) is 0 Å². The number of hydrogen-bond donors (Lipinski definition) is 1. The van der Waals surface area contributed by atoms with Crippen molar-refractivity contribution in [2.24, 2.45) is 17.1 Å². The zero-order valence-corrected chi connectivity index (χ0v) is 5.79. The fraction of sp³-hybridized carbons (Fsp3) is 1.00. The van der Waals surface area contributed by atoms with Gasteiger partial charge in [0, 0.05) is 26.2 Å². The van der Waals surface area contributed by atoms with Crippen LogP contribution in [0.25, 0.3) is 0 Å². The molecule has 2 saturated heterocycles. The van der Waals surface area contributed by atoms with Crippen LogP contribution in [0.1, 0.15) is 0 Å². The Morgan fingerprint density at radius 3 is 2.40 bits per heavy atom. The number of rotatable bonds is 1. The van der Waals surface area contributed by atoms with Gasteiger partial charge in [-0.25, -0.2) is 0 Å². The maximum atomic E-state index is 10.1. The maximum absolute atomic E-state index is 10.1. The van der Waals surface area contributed by atoms with Gasteiger partial charge < -0.3 is 5.32 Å². The number of nitroso groups, excluding NO2 is 1. The van der Waals surface area contributed by atoms with Gasteiger partial charge in [0.05, 0.1) is 5.29 Å². The van der Waals surface area contributed by atoms with E-state index in [-0.39, 0.29) is 0 Å². The number of fused-ring (bicyclic) bond motifs is 1. The smallest absolute Gasteiger partial charge is 0.0524 e. The molecule has 2 fully saturated rings. The summed E-state index contributed by atoms with van der Waals surface area (Å²) < 4.78 is 0. The monoisotopic (exact) mass is 141 g/mol. The molecule has 2 aliphatic heterocycles. The molecule has 2 heterocycles. The predicted octanol–water partition coefficient (Wildman–Crippen LogP) is -0.181. The summed E-state index contributed by atoms with van der Waals surface area (Å²) in [5.74, 6) is 1.36. The van der Waals surface area contributed by atoms with Crippen LogP contribution in [0.5, 0.6) is 0 Å². The van der Waals surface area contributed by atoms with Gasteiger partial charge in [-0.15, -0.1) is 4.91 Å². The third-order valence-corrected chi connectivity index (χ3v) is 2.49. The molecule has 2 atom stereocenters. The number of nitrogens with one attached hydrogen (secondary N) is 1. The van der Waals surface area contributed by atoms with E-state index < -0.39 is 0 Å². The lowest BCUT2D eigenvalue weighted by Crippen LogP contribution is -2.20. The van der Waals surface area contributed by atoms with Crippen molar-refractivity contribution in [2.45, 2.75) is 0 Å². The summed E-state index contributed by atoms with van der Waals surface area (Å²) in [7, 11) is 0. The molecule has 0 aromatic rings. The van der Waals surface area contributed by atoms with Crippen LogP contribution in [0.3, 0.4) is 0 Å². The summed E-state index contributed by atoms with van der Waals surface area (Å²) in [5, 5.41) is 7.86. The summed E-state index contributed by atoms with van der Waals surface area (Å²) in [5.41, 5.74) is 0. The molecule has 0 aromatic heterocycles. The Balaban J connectivity index is 1.99. The zero-order chi connectivity index (χ0) is 6.97. The molecule has 0 radical (unpaired) electrons. The highest BCUT2D eigenvalue weighted by Crippen LogP contribution is 2.25. The van der Waals surface area contributed by atoms with E-state index in [0.29, 0.717) is 11.8 Å². The van der Waals surface area contributed by atoms with Gasteiger partial charge in [-0.05, 0) is 11.8 Å². The first-order valence-electron chi connectivity index (χ1n) is 3.69. The van der Waals surface area contributed by atoms with Gasteiger partial charge in [-0.3, -0.25) is 5.01 Å². The van der Waals surface area contributed by atoms with Crippen molar-refractivity contribution in [3.63, 3.8) is 0 Å². The van der Waals surface area contributed by atoms with Gasteiger partial charge in [0.15, 0.2) is 0 Å². The van der Waals surface area contributed by atoms with Crippen LogP contribution in [-0.2, 0) is 0 Å². The second-order valence-corrected chi connectivity index (χ2v) is 3.13. The summed E-state index contributed by atoms with van der Waals surface area (Å²) >= 11 is 0. The molecular weight excluding hydrogens is 130 g/mol. The first-order chi connectivity index (χ1) is 4.90. The topological polar surface area (TPSA) is 44.7 Å². The normalized spacial score (nSPS) is 38.2. The lowest BCUT2D eigenvalue weighted by atomic mass is 10.0. The van der Waals surface area contributed by atoms with Crippen molar-refractivity contribution in [3.05, 3.63) is 4.91 Å². The molecule has 0 saturated carbocycles. The Morgan fingerprint density at radius 1 is 1.30 bits per heavy atom. The average Bonchev–Trinajstić information content (AvgIpc) is 2.42. The average molecular weight is 141 g/mol. The minimum atomic E-state index is 0.678. The minimum Gasteiger partial charge on any atom is -0.316 e. The van der Waals surface area contributed by atoms with E-state index in [2.05, 4.69) is 10.6 Å². The number of hydrogen-bond acceptors (Lipinski definition) is 3. The van der Waals surface area contributed by atoms with Gasteiger partial charge in [0.2, 0.25) is 0 Å². The third kappa shape index (κ3) is 0.794. The molecule has 1 N–H and O–H groups in total. The summed E-state index contributed by atoms with van der Waals surface area (Å²) in [4.78, 5) is 10.1. The predicted molar refractivity (Wildman–Crippen MR) is 37.2 cm³/mol. The van der Waals surface area contributed by atoms with Crippen LogP contribution in [0.4, 0.5) is 0 Å². The fourth-order valence-corrected chi connectivity index (χ4v) is 1.90. The van der Waals surface area contributed by atoms with Crippen molar-refractivity contribution >= 4 is 0 Å². The van der Waals surface area contributed by atoms with Gasteiger partial charge >= 0.3 is 0 Å². The summed E-state index contributed by atoms with van der Waals surface area (Å²) in [6.07, 6.45) is 0. The molecule has 10 heavy (non-hydrogen) atoms. The van der Waals surface area contributed by atoms with E-state index >= 15 is 0 Å². The van der Waals surface area contributed by atoms with E-state index in [0.717, 1.165) is 26.2 Å². The lowest BCUT2D eigenvalue weighted by molar-refractivity contribution is 0.326. The number of nitrogens with zero attached hydrogens (tertiary/aromatic N) is 2. The molecular formula is C6H11N3O. The summed E-state index contributed by atoms with van der Waals surface area (Å²) in [6, 6.07) is 0. The molecule has 0 spiro atoms. The van der Waals surface area contributed by atoms with Crippen LogP contribution >= 0.6 is 0 Å². The molecule has 0 amide bonds. The van der Waals surface area contributed by atoms with Crippen LogP contribution < -0.4 is 5.32 Å². The molecule has 0 bridgehead atoms. The summed E-state index contributed by atoms with van der Waals surface area (Å²) in [6.45, 7) is 3.86. The van der Waals surface area contributed by atoms with E-state index in [1.165, 1.54) is 0 Å². The maximum Gasteiger partial charge on any atom is 0.0524 e. The van der Waals surface area contributed by atoms with Crippen LogP contribution in [-0.4, -0.2) is 31.2 Å². The molecule has 2 unspecified atom stereocenters. The highest BCUT2D eigenvalue weighted by atomic mass is 16.3. The van der Waals surface area contributed by atoms with Gasteiger partial charge in [-0.2, -0.15) is 0 Å². The Labute approximate surface area is 59.5 Å². The van der Waals surface area contributed by atoms with Crippen LogP contribution in [0.15, 0.2) is 5.29 Å². The largest absolute Gasteiger partial charge is 0.316 e. The molecule has 4 heteroatoms. The van der Waals surface area contributed by atoms with Crippen molar-refractivity contribution in [3.8, 4) is 0 Å². The van der Waals surface area contributed by atoms with E-state index in [9.17, 15) is 4.91 Å². The van der Waals surface area contributed by atoms with Gasteiger partial charge in [0.1, 0.15) is 0 Å². The second kappa shape index (κ2) is 2.20. The highest BCUT2D eigenvalue weighted by Gasteiger charge is 2.36. The lowest BCUT2D eigenvalue weighted by Gasteiger charge is -2.06. The Morgan fingerprint density at radius 2 is 1.90 bits per heavy atom. The quantitative estimate of drug-likeness (QED) is 0.515. The highest BCUT2D eigenvalue weighted by molar-refractivity contribution is 4.89. The molecule has 0 aromatic carbocycles. The molecule has 2 aliphatic rings. The second-order valence-electron chi connectivity index (χ2n) is 3.13. The Kier molecular flexibility index (Phi) is 1.34. The molecule has 56 valence electrons. The van der Waals surface area contributed by atoms with Gasteiger partial charge in [-0.1, -0.05) is 0 Å². The third-order valence-electron chi connectivity index (χ3n) is 2.49. The van der Waals surface area contributed by atoms with Crippen LogP contribution in [0, 0.1) is 16.7 Å². The van der Waals surface area contributed by atoms with Crippen molar-refractivity contribution in [2.75, 3.05) is 26.2 Å². The van der Waals surface area contributed by atoms with Crippen molar-refractivity contribution in [1.82, 2.24) is 10.3 Å². The SMILES string of the molecule is O=NN1CC2CNCC2C1. The first-order valence-corrected chi connectivity index (χ1v) is 3.69. The Bertz CT molecular complexity index is 138. The van der Waals surface area contributed by atoms with E-state index in [1.54, 1.807) is 5.01 Å². The van der Waals surface area contributed by atoms with E-state index in [4.69, 9.17) is 0 Å². The van der Waals surface area contributed by atoms with Crippen molar-refractivity contribution in [1.29, 1.82) is 0 Å². The standard InChI is InChI=1S/C6H11N3O/c10-8-9-3-5-1-7-2-6(5)4-9/h5-7H,1-4H2. The molecule has 2 rings (SSSR count). The zero-order valence-electron chi connectivity index (χ0n) is 5.79. The molecule has 4 nitrogen and oxygen atoms in total. The van der Waals surface area contributed by atoms with Gasteiger partial charge in [0.25, 0.3) is 0 Å². The minimum absolute atomic E-state index is 0.678. The first kappa shape index (κ1) is 6.09. The van der Waals surface area contributed by atoms with Crippen molar-refractivity contribution < 1.29 is 0 Å².